The molecule has 8 nitrogen and oxygen atoms in total. The molecule has 0 aliphatic carbocycles. The van der Waals surface area contributed by atoms with Gasteiger partial charge in [0.25, 0.3) is 0 Å². The molecule has 2 aromatic rings. The third-order valence-electron chi connectivity index (χ3n) is 7.28. The molecule has 5 N–H and O–H groups in total. The number of aliphatic hydroxyl groups excluding tert-OH is 1. The number of aliphatic hydroxyl groups is 1. The van der Waals surface area contributed by atoms with E-state index < -0.39 is 14.4 Å². The zero-order valence-electron chi connectivity index (χ0n) is 30.8. The number of nitrogens with zero attached hydrogens (tertiary/aromatic N) is 2. The van der Waals surface area contributed by atoms with Crippen molar-refractivity contribution in [2.75, 3.05) is 79.4 Å². The minimum atomic E-state index is -1.20. The van der Waals surface area contributed by atoms with Crippen molar-refractivity contribution in [3.8, 4) is 0 Å². The van der Waals surface area contributed by atoms with Crippen LogP contribution in [0.1, 0.15) is 52.5 Å². The molecular formula is C35H63Cl4N6O2P3S2. The summed E-state index contributed by atoms with van der Waals surface area (Å²) in [6, 6.07) is 20.1. The molecule has 2 heterocycles. The molecule has 2 unspecified atom stereocenters. The standard InChI is InChI=1S/C15H23N2OPS.C9H12N2OS.C6H12ClP.C4H12N2.CH4.Cl3P/c1-16-10-11-17(2)19(16)18-12-6-9-15(20)13-14-7-4-3-5-8-14;12-7-6-10-9(13)11-8-4-2-1-3-5-8;1-5-3-4-6(2)8(5)7;1-5-3-4-6-2;;1-4(2)3/h3-5,7-8H,6,9-13H2,1-2H3;1-5,12H,6-7H2,(H2,10,11,13);5-6H,3-4H2,1-2H3;5-6H,3-4H2,1-2H3;1H4;. The van der Waals surface area contributed by atoms with Gasteiger partial charge in [0.05, 0.1) is 13.2 Å². The molecule has 300 valence electrons. The van der Waals surface area contributed by atoms with Gasteiger partial charge in [0, 0.05) is 44.8 Å². The second kappa shape index (κ2) is 35.8. The number of hydrogen-bond acceptors (Lipinski definition) is 8. The number of para-hydroxylation sites is 1. The van der Waals surface area contributed by atoms with E-state index in [2.05, 4.69) is 82.8 Å². The van der Waals surface area contributed by atoms with Gasteiger partial charge in [0.1, 0.15) is 0 Å². The maximum absolute atomic E-state index is 8.53. The summed E-state index contributed by atoms with van der Waals surface area (Å²) < 4.78 is 10.6. The van der Waals surface area contributed by atoms with Crippen LogP contribution in [0.5, 0.6) is 0 Å². The third kappa shape index (κ3) is 29.7. The van der Waals surface area contributed by atoms with Crippen molar-refractivity contribution in [1.29, 1.82) is 0 Å². The lowest BCUT2D eigenvalue weighted by atomic mass is 10.1. The van der Waals surface area contributed by atoms with Gasteiger partial charge in [-0.2, -0.15) is 0 Å². The van der Waals surface area contributed by atoms with Gasteiger partial charge in [-0.3, -0.25) is 0 Å². The van der Waals surface area contributed by atoms with Gasteiger partial charge < -0.3 is 30.9 Å². The smallest absolute Gasteiger partial charge is 0.187 e. The number of anilines is 1. The van der Waals surface area contributed by atoms with Crippen molar-refractivity contribution >= 4 is 107 Å². The van der Waals surface area contributed by atoms with Crippen LogP contribution in [-0.2, 0) is 10.9 Å². The van der Waals surface area contributed by atoms with Gasteiger partial charge in [-0.25, -0.2) is 9.34 Å². The summed E-state index contributed by atoms with van der Waals surface area (Å²) >= 11 is 31.1. The number of benzene rings is 2. The van der Waals surface area contributed by atoms with Crippen LogP contribution in [0.2, 0.25) is 0 Å². The zero-order valence-corrected chi connectivity index (χ0v) is 38.2. The van der Waals surface area contributed by atoms with Crippen molar-refractivity contribution in [2.45, 2.75) is 64.7 Å². The number of likely N-dealkylation sites (N-methyl/N-ethyl adjacent to an activating group) is 4. The molecule has 4 rings (SSSR count). The van der Waals surface area contributed by atoms with E-state index in [1.54, 1.807) is 0 Å². The fourth-order valence-electron chi connectivity index (χ4n) is 4.53. The average molecular weight is 899 g/mol. The minimum absolute atomic E-state index is 0. The molecule has 52 heavy (non-hydrogen) atoms. The molecule has 2 fully saturated rings. The largest absolute Gasteiger partial charge is 0.395 e. The van der Waals surface area contributed by atoms with Crippen LogP contribution < -0.4 is 21.3 Å². The lowest BCUT2D eigenvalue weighted by molar-refractivity contribution is 0.300. The molecule has 17 heteroatoms. The first kappa shape index (κ1) is 54.5. The lowest BCUT2D eigenvalue weighted by Gasteiger charge is -2.23. The Morgan fingerprint density at radius 2 is 1.37 bits per heavy atom. The summed E-state index contributed by atoms with van der Waals surface area (Å²) in [6.45, 7) is 10.2. The normalized spacial score (nSPS) is 18.2. The van der Waals surface area contributed by atoms with Crippen molar-refractivity contribution in [2.24, 2.45) is 0 Å². The van der Waals surface area contributed by atoms with Gasteiger partial charge in [0.15, 0.2) is 19.5 Å². The maximum Gasteiger partial charge on any atom is 0.187 e. The van der Waals surface area contributed by atoms with E-state index >= 15 is 0 Å². The molecule has 0 spiro atoms. The Kier molecular flexibility index (Phi) is 37.6. The fraction of sp³-hybridized carbons (Fsp3) is 0.600. The number of nitrogens with one attached hydrogen (secondary N) is 4. The van der Waals surface area contributed by atoms with Gasteiger partial charge in [-0.15, -0.1) is 0 Å². The van der Waals surface area contributed by atoms with Crippen LogP contribution in [0, 0.1) is 0 Å². The first-order chi connectivity index (χ1) is 24.4. The second-order valence-electron chi connectivity index (χ2n) is 11.6. The number of hydrogen-bond donors (Lipinski definition) is 5. The molecule has 2 atom stereocenters. The van der Waals surface area contributed by atoms with Crippen molar-refractivity contribution in [3.63, 3.8) is 0 Å². The number of rotatable bonds is 13. The van der Waals surface area contributed by atoms with Crippen LogP contribution in [0.15, 0.2) is 60.7 Å². The predicted molar refractivity (Wildman–Crippen MR) is 248 cm³/mol. The topological polar surface area (TPSA) is 84.1 Å². The molecule has 0 radical (unpaired) electrons. The van der Waals surface area contributed by atoms with Crippen LogP contribution in [0.3, 0.4) is 0 Å². The average Bonchev–Trinajstić information content (AvgIpc) is 3.59. The predicted octanol–water partition coefficient (Wildman–Crippen LogP) is 10.6. The summed E-state index contributed by atoms with van der Waals surface area (Å²) in [7, 11) is 7.51. The van der Waals surface area contributed by atoms with Crippen LogP contribution in [0.4, 0.5) is 5.69 Å². The Morgan fingerprint density at radius 3 is 1.79 bits per heavy atom. The summed E-state index contributed by atoms with van der Waals surface area (Å²) in [4.78, 5) is 1.13. The molecule has 0 saturated carbocycles. The third-order valence-corrected chi connectivity index (χ3v) is 14.1. The van der Waals surface area contributed by atoms with E-state index in [9.17, 15) is 0 Å². The van der Waals surface area contributed by atoms with Crippen LogP contribution in [-0.4, -0.2) is 110 Å². The number of halogens is 4. The minimum Gasteiger partial charge on any atom is -0.395 e. The first-order valence-electron chi connectivity index (χ1n) is 17.0. The summed E-state index contributed by atoms with van der Waals surface area (Å²) in [6.07, 6.45) is 5.62. The number of thiocarbonyl (C=S) groups is 2. The Hall–Kier alpha value is 0.430. The van der Waals surface area contributed by atoms with Crippen LogP contribution in [0.25, 0.3) is 0 Å². The molecular weight excluding hydrogens is 835 g/mol. The van der Waals surface area contributed by atoms with E-state index in [4.69, 9.17) is 79.0 Å². The molecule has 2 aromatic carbocycles. The SMILES string of the molecule is C.CC1CCC(C)P1Cl.CN1CCN(C)P1OCCCC(=S)Cc1ccccc1.CNCCNC.ClP(Cl)Cl.OCCNC(=S)Nc1ccccc1. The van der Waals surface area contributed by atoms with E-state index in [1.807, 2.05) is 50.5 Å². The molecule has 0 aromatic heterocycles. The van der Waals surface area contributed by atoms with E-state index in [0.717, 1.165) is 73.9 Å². The molecule has 0 amide bonds. The van der Waals surface area contributed by atoms with Gasteiger partial charge in [0.2, 0.25) is 0 Å². The zero-order chi connectivity index (χ0) is 38.4. The van der Waals surface area contributed by atoms with Crippen molar-refractivity contribution in [1.82, 2.24) is 25.3 Å². The molecule has 2 saturated heterocycles. The van der Waals surface area contributed by atoms with E-state index in [0.29, 0.717) is 11.7 Å². The second-order valence-corrected chi connectivity index (χ2v) is 23.4. The quantitative estimate of drug-likeness (QED) is 0.0762. The van der Waals surface area contributed by atoms with Gasteiger partial charge >= 0.3 is 0 Å². The Bertz CT molecular complexity index is 1120. The van der Waals surface area contributed by atoms with Crippen molar-refractivity contribution in [3.05, 3.63) is 66.2 Å². The maximum atomic E-state index is 8.53. The van der Waals surface area contributed by atoms with Crippen molar-refractivity contribution < 1.29 is 9.63 Å². The lowest BCUT2D eigenvalue weighted by Crippen LogP contribution is -2.30. The highest BCUT2D eigenvalue weighted by Crippen LogP contribution is 2.59. The van der Waals surface area contributed by atoms with Crippen LogP contribution >= 0.6 is 91.1 Å². The first-order valence-corrected chi connectivity index (χ1v) is 25.4. The Morgan fingerprint density at radius 1 is 0.885 bits per heavy atom. The monoisotopic (exact) mass is 896 g/mol. The highest BCUT2D eigenvalue weighted by molar-refractivity contribution is 8.20. The molecule has 2 aliphatic rings. The van der Waals surface area contributed by atoms with Gasteiger partial charge in [-0.05, 0) is 107 Å². The highest BCUT2D eigenvalue weighted by atomic mass is 36.0. The Labute approximate surface area is 349 Å². The molecule has 2 aliphatic heterocycles. The fourth-order valence-corrected chi connectivity index (χ4v) is 9.03. The summed E-state index contributed by atoms with van der Waals surface area (Å²) in [5.41, 5.74) is 3.89. The summed E-state index contributed by atoms with van der Waals surface area (Å²) in [5.74, 6) is -1.20. The summed E-state index contributed by atoms with van der Waals surface area (Å²) in [5, 5.41) is 20.9. The van der Waals surface area contributed by atoms with Gasteiger partial charge in [-0.1, -0.05) is 127 Å². The molecule has 0 bridgehead atoms. The van der Waals surface area contributed by atoms with E-state index in [-0.39, 0.29) is 21.3 Å². The van der Waals surface area contributed by atoms with E-state index in [1.165, 1.54) is 18.4 Å². The Balaban J connectivity index is 0. The highest BCUT2D eigenvalue weighted by Gasteiger charge is 2.28.